The molecule has 3 aromatic rings. The molecule has 0 bridgehead atoms. The number of benzene rings is 2. The zero-order valence-electron chi connectivity index (χ0n) is 22.4. The van der Waals surface area contributed by atoms with Gasteiger partial charge in [-0.15, -0.1) is 0 Å². The van der Waals surface area contributed by atoms with Crippen molar-refractivity contribution >= 4 is 28.2 Å². The van der Waals surface area contributed by atoms with Crippen molar-refractivity contribution in [2.45, 2.75) is 25.9 Å². The number of hydrogen-bond acceptors (Lipinski definition) is 8. The van der Waals surface area contributed by atoms with Crippen LogP contribution < -0.4 is 14.5 Å². The van der Waals surface area contributed by atoms with Crippen LogP contribution in [0.1, 0.15) is 18.2 Å². The molecule has 1 amide bonds. The summed E-state index contributed by atoms with van der Waals surface area (Å²) in [5, 5.41) is 12.5. The van der Waals surface area contributed by atoms with Crippen LogP contribution in [0.15, 0.2) is 49.1 Å². The number of amides is 1. The normalized spacial score (nSPS) is 17.6. The van der Waals surface area contributed by atoms with Crippen LogP contribution in [-0.4, -0.2) is 90.2 Å². The maximum atomic E-state index is 12.3. The van der Waals surface area contributed by atoms with Gasteiger partial charge in [0.2, 0.25) is 5.91 Å². The highest BCUT2D eigenvalue weighted by Crippen LogP contribution is 2.36. The van der Waals surface area contributed by atoms with E-state index in [1.54, 1.807) is 6.07 Å². The minimum atomic E-state index is -0.0384. The summed E-state index contributed by atoms with van der Waals surface area (Å²) in [4.78, 5) is 30.5. The van der Waals surface area contributed by atoms with Gasteiger partial charge in [0.1, 0.15) is 18.2 Å². The van der Waals surface area contributed by atoms with Crippen LogP contribution in [-0.2, 0) is 17.8 Å². The number of aromatic hydroxyl groups is 1. The molecule has 0 spiro atoms. The predicted molar refractivity (Wildman–Crippen MR) is 150 cm³/mol. The quantitative estimate of drug-likeness (QED) is 0.480. The zero-order valence-corrected chi connectivity index (χ0v) is 22.4. The highest BCUT2D eigenvalue weighted by molar-refractivity contribution is 5.95. The van der Waals surface area contributed by atoms with E-state index >= 15 is 0 Å². The van der Waals surface area contributed by atoms with Crippen molar-refractivity contribution < 1.29 is 14.6 Å². The first-order valence-electron chi connectivity index (χ1n) is 13.2. The number of phenolic OH excluding ortho intramolecular Hbond substituents is 1. The van der Waals surface area contributed by atoms with E-state index in [1.165, 1.54) is 6.08 Å². The van der Waals surface area contributed by atoms with Crippen LogP contribution in [0.2, 0.25) is 0 Å². The Morgan fingerprint density at radius 3 is 2.76 bits per heavy atom. The Balaban J connectivity index is 1.48. The molecule has 1 fully saturated rings. The van der Waals surface area contributed by atoms with Crippen molar-refractivity contribution in [3.63, 3.8) is 0 Å². The Hall–Kier alpha value is -3.85. The molecule has 5 rings (SSSR count). The van der Waals surface area contributed by atoms with E-state index < -0.39 is 0 Å². The van der Waals surface area contributed by atoms with Crippen molar-refractivity contribution in [1.82, 2.24) is 19.8 Å². The van der Waals surface area contributed by atoms with E-state index in [4.69, 9.17) is 14.7 Å². The van der Waals surface area contributed by atoms with E-state index in [2.05, 4.69) is 34.3 Å². The number of piperazine rings is 1. The van der Waals surface area contributed by atoms with Crippen LogP contribution in [0.4, 0.5) is 11.5 Å². The third-order valence-electron chi connectivity index (χ3n) is 7.34. The summed E-state index contributed by atoms with van der Waals surface area (Å²) < 4.78 is 6.02. The molecule has 1 N–H and O–H groups in total. The molecule has 1 aromatic heterocycles. The molecule has 1 saturated heterocycles. The molecule has 2 aromatic carbocycles. The van der Waals surface area contributed by atoms with Gasteiger partial charge in [-0.05, 0) is 45.0 Å². The lowest BCUT2D eigenvalue weighted by molar-refractivity contribution is -0.128. The van der Waals surface area contributed by atoms with Gasteiger partial charge in [-0.2, -0.15) is 9.97 Å². The highest BCUT2D eigenvalue weighted by atomic mass is 16.5. The first-order valence-corrected chi connectivity index (χ1v) is 13.2. The number of rotatable bonds is 7. The lowest BCUT2D eigenvalue weighted by Gasteiger charge is -2.41. The second kappa shape index (κ2) is 10.9. The van der Waals surface area contributed by atoms with Crippen molar-refractivity contribution in [3.8, 4) is 11.8 Å². The van der Waals surface area contributed by atoms with Crippen LogP contribution >= 0.6 is 0 Å². The summed E-state index contributed by atoms with van der Waals surface area (Å²) in [5.41, 5.74) is 3.05. The lowest BCUT2D eigenvalue weighted by Crippen LogP contribution is -2.54. The molecule has 2 aliphatic rings. The Morgan fingerprint density at radius 2 is 2.00 bits per heavy atom. The molecular formula is C29H36N6O3. The molecular weight excluding hydrogens is 480 g/mol. The van der Waals surface area contributed by atoms with Crippen molar-refractivity contribution in [2.75, 3.05) is 63.2 Å². The summed E-state index contributed by atoms with van der Waals surface area (Å²) >= 11 is 0. The van der Waals surface area contributed by atoms with Gasteiger partial charge < -0.3 is 29.4 Å². The van der Waals surface area contributed by atoms with E-state index in [0.717, 1.165) is 53.0 Å². The third-order valence-corrected chi connectivity index (χ3v) is 7.34. The molecule has 0 radical (unpaired) electrons. The molecule has 3 heterocycles. The topological polar surface area (TPSA) is 85.3 Å². The van der Waals surface area contributed by atoms with E-state index in [9.17, 15) is 9.90 Å². The molecule has 9 nitrogen and oxygen atoms in total. The lowest BCUT2D eigenvalue weighted by atomic mass is 10.0. The standard InChI is InChI=1S/C29H36N6O3/c1-5-27(37)35-13-12-34(18-20(35)2)28-24-10-11-33(19-25(24)30-29(31-28)38-15-14-32(3)4)26-17-22(36)16-21-8-6-7-9-23(21)26/h5-9,16-17,20,36H,1,10-15,18-19H2,2-4H3. The molecule has 1 atom stereocenters. The van der Waals surface area contributed by atoms with Crippen molar-refractivity contribution in [2.24, 2.45) is 0 Å². The average molecular weight is 517 g/mol. The Bertz CT molecular complexity index is 1340. The highest BCUT2D eigenvalue weighted by Gasteiger charge is 2.31. The monoisotopic (exact) mass is 516 g/mol. The van der Waals surface area contributed by atoms with E-state index in [1.807, 2.05) is 43.3 Å². The summed E-state index contributed by atoms with van der Waals surface area (Å²) in [6.07, 6.45) is 2.15. The van der Waals surface area contributed by atoms with Gasteiger partial charge >= 0.3 is 6.01 Å². The fourth-order valence-electron chi connectivity index (χ4n) is 5.37. The number of anilines is 2. The third kappa shape index (κ3) is 5.24. The van der Waals surface area contributed by atoms with Gasteiger partial charge in [-0.3, -0.25) is 4.79 Å². The van der Waals surface area contributed by atoms with Crippen LogP contribution in [0, 0.1) is 0 Å². The Morgan fingerprint density at radius 1 is 1.18 bits per heavy atom. The minimum absolute atomic E-state index is 0.0384. The molecule has 2 aliphatic heterocycles. The predicted octanol–water partition coefficient (Wildman–Crippen LogP) is 3.06. The van der Waals surface area contributed by atoms with E-state index in [-0.39, 0.29) is 17.7 Å². The van der Waals surface area contributed by atoms with Crippen LogP contribution in [0.25, 0.3) is 10.8 Å². The number of carbonyl (C=O) groups excluding carboxylic acids is 1. The minimum Gasteiger partial charge on any atom is -0.508 e. The SMILES string of the molecule is C=CC(=O)N1CCN(c2nc(OCCN(C)C)nc3c2CCN(c2cc(O)cc4ccccc24)C3)CC1C. The van der Waals surface area contributed by atoms with E-state index in [0.29, 0.717) is 38.8 Å². The molecule has 38 heavy (non-hydrogen) atoms. The smallest absolute Gasteiger partial charge is 0.318 e. The second-order valence-corrected chi connectivity index (χ2v) is 10.3. The van der Waals surface area contributed by atoms with Crippen LogP contribution in [0.3, 0.4) is 0 Å². The van der Waals surface area contributed by atoms with Gasteiger partial charge in [0.15, 0.2) is 0 Å². The van der Waals surface area contributed by atoms with Crippen molar-refractivity contribution in [3.05, 3.63) is 60.3 Å². The zero-order chi connectivity index (χ0) is 26.8. The van der Waals surface area contributed by atoms with Crippen molar-refractivity contribution in [1.29, 1.82) is 0 Å². The Kier molecular flexibility index (Phi) is 7.37. The maximum Gasteiger partial charge on any atom is 0.318 e. The molecule has 0 aliphatic carbocycles. The number of ether oxygens (including phenoxy) is 1. The first kappa shape index (κ1) is 25.8. The number of hydrogen-bond donors (Lipinski definition) is 1. The number of carbonyl (C=O) groups is 1. The van der Waals surface area contributed by atoms with Gasteiger partial charge in [0, 0.05) is 61.5 Å². The summed E-state index contributed by atoms with van der Waals surface area (Å²) in [6, 6.07) is 12.2. The maximum absolute atomic E-state index is 12.3. The Labute approximate surface area is 223 Å². The fourth-order valence-corrected chi connectivity index (χ4v) is 5.37. The molecule has 9 heteroatoms. The summed E-state index contributed by atoms with van der Waals surface area (Å²) in [6.45, 7) is 10.3. The molecule has 200 valence electrons. The number of phenols is 1. The van der Waals surface area contributed by atoms with Crippen LogP contribution in [0.5, 0.6) is 11.8 Å². The number of fused-ring (bicyclic) bond motifs is 2. The number of nitrogens with zero attached hydrogens (tertiary/aromatic N) is 6. The second-order valence-electron chi connectivity index (χ2n) is 10.3. The van der Waals surface area contributed by atoms with Gasteiger partial charge in [0.05, 0.1) is 12.2 Å². The first-order chi connectivity index (χ1) is 18.3. The van der Waals surface area contributed by atoms with Gasteiger partial charge in [-0.25, -0.2) is 0 Å². The summed E-state index contributed by atoms with van der Waals surface area (Å²) in [5.74, 6) is 1.11. The molecule has 0 saturated carbocycles. The molecule has 1 unspecified atom stereocenters. The van der Waals surface area contributed by atoms with Gasteiger partial charge in [0.25, 0.3) is 0 Å². The number of likely N-dealkylation sites (N-methyl/N-ethyl adjacent to an activating group) is 1. The fraction of sp³-hybridized carbons (Fsp3) is 0.414. The largest absolute Gasteiger partial charge is 0.508 e. The van der Waals surface area contributed by atoms with Gasteiger partial charge in [-0.1, -0.05) is 30.8 Å². The summed E-state index contributed by atoms with van der Waals surface area (Å²) in [7, 11) is 4.01. The average Bonchev–Trinajstić information content (AvgIpc) is 2.91. The number of aromatic nitrogens is 2.